The van der Waals surface area contributed by atoms with Crippen molar-refractivity contribution in [2.24, 2.45) is 0 Å². The van der Waals surface area contributed by atoms with Gasteiger partial charge in [-0.15, -0.1) is 0 Å². The van der Waals surface area contributed by atoms with Gasteiger partial charge in [-0.1, -0.05) is 0 Å². The molecule has 0 fully saturated rings. The molecule has 7 heteroatoms. The summed E-state index contributed by atoms with van der Waals surface area (Å²) in [6.45, 7) is 0. The normalized spacial score (nSPS) is 10.1. The Labute approximate surface area is 107 Å². The van der Waals surface area contributed by atoms with E-state index >= 15 is 0 Å². The van der Waals surface area contributed by atoms with Gasteiger partial charge in [-0.2, -0.15) is 0 Å². The molecule has 19 heavy (non-hydrogen) atoms. The van der Waals surface area contributed by atoms with Gasteiger partial charge < -0.3 is 10.1 Å². The van der Waals surface area contributed by atoms with Gasteiger partial charge in [0, 0.05) is 18.0 Å². The second-order valence-electron chi connectivity index (χ2n) is 3.51. The molecule has 1 aromatic heterocycles. The topological polar surface area (TPSA) is 64.1 Å². The van der Waals surface area contributed by atoms with Crippen LogP contribution in [0.15, 0.2) is 30.5 Å². The highest BCUT2D eigenvalue weighted by Crippen LogP contribution is 2.17. The molecule has 2 rings (SSSR count). The van der Waals surface area contributed by atoms with Gasteiger partial charge in [0.05, 0.1) is 7.11 Å². The summed E-state index contributed by atoms with van der Waals surface area (Å²) in [4.78, 5) is 18.8. The summed E-state index contributed by atoms with van der Waals surface area (Å²) in [5.74, 6) is -2.47. The molecule has 0 aliphatic carbocycles. The van der Waals surface area contributed by atoms with Gasteiger partial charge in [-0.05, 0) is 18.2 Å². The summed E-state index contributed by atoms with van der Waals surface area (Å²) in [7, 11) is 1.21. The number of hydrogen-bond donors (Lipinski definition) is 1. The molecule has 0 saturated heterocycles. The number of ether oxygens (including phenoxy) is 1. The second-order valence-corrected chi connectivity index (χ2v) is 3.51. The SMILES string of the molecule is COC(=O)c1nccc(Nc2ccc(F)c(F)c2)n1. The molecular weight excluding hydrogens is 256 g/mol. The lowest BCUT2D eigenvalue weighted by atomic mass is 10.3. The number of carbonyl (C=O) groups is 1. The summed E-state index contributed by atoms with van der Waals surface area (Å²) >= 11 is 0. The molecule has 1 N–H and O–H groups in total. The third-order valence-electron chi connectivity index (χ3n) is 2.22. The fourth-order valence-corrected chi connectivity index (χ4v) is 1.34. The van der Waals surface area contributed by atoms with E-state index in [0.29, 0.717) is 5.69 Å². The maximum Gasteiger partial charge on any atom is 0.376 e. The molecule has 0 saturated carbocycles. The highest BCUT2D eigenvalue weighted by Gasteiger charge is 2.10. The number of methoxy groups -OCH3 is 1. The van der Waals surface area contributed by atoms with Crippen LogP contribution in [0.3, 0.4) is 0 Å². The first kappa shape index (κ1) is 12.9. The van der Waals surface area contributed by atoms with Gasteiger partial charge in [-0.25, -0.2) is 23.5 Å². The van der Waals surface area contributed by atoms with Crippen LogP contribution in [0.2, 0.25) is 0 Å². The maximum atomic E-state index is 13.0. The quantitative estimate of drug-likeness (QED) is 0.862. The zero-order valence-electron chi connectivity index (χ0n) is 9.85. The van der Waals surface area contributed by atoms with Crippen LogP contribution in [-0.4, -0.2) is 23.0 Å². The van der Waals surface area contributed by atoms with Crippen molar-refractivity contribution in [2.75, 3.05) is 12.4 Å². The van der Waals surface area contributed by atoms with E-state index < -0.39 is 17.6 Å². The zero-order valence-corrected chi connectivity index (χ0v) is 9.85. The van der Waals surface area contributed by atoms with E-state index in [1.54, 1.807) is 0 Å². The van der Waals surface area contributed by atoms with E-state index in [4.69, 9.17) is 0 Å². The van der Waals surface area contributed by atoms with Crippen molar-refractivity contribution < 1.29 is 18.3 Å². The van der Waals surface area contributed by atoms with Crippen LogP contribution in [0.25, 0.3) is 0 Å². The van der Waals surface area contributed by atoms with Gasteiger partial charge >= 0.3 is 5.97 Å². The number of esters is 1. The van der Waals surface area contributed by atoms with E-state index in [2.05, 4.69) is 20.0 Å². The number of aromatic nitrogens is 2. The second kappa shape index (κ2) is 5.38. The number of carbonyl (C=O) groups excluding carboxylic acids is 1. The summed E-state index contributed by atoms with van der Waals surface area (Å²) < 4.78 is 30.3. The number of nitrogens with one attached hydrogen (secondary N) is 1. The highest BCUT2D eigenvalue weighted by molar-refractivity contribution is 5.85. The average molecular weight is 265 g/mol. The molecule has 0 atom stereocenters. The number of benzene rings is 1. The zero-order chi connectivity index (χ0) is 13.8. The molecule has 1 aromatic carbocycles. The van der Waals surface area contributed by atoms with E-state index in [-0.39, 0.29) is 11.6 Å². The molecule has 1 heterocycles. The van der Waals surface area contributed by atoms with Crippen LogP contribution in [0.1, 0.15) is 10.6 Å². The Morgan fingerprint density at radius 1 is 1.26 bits per heavy atom. The van der Waals surface area contributed by atoms with Gasteiger partial charge in [0.15, 0.2) is 11.6 Å². The number of nitrogens with zero attached hydrogens (tertiary/aromatic N) is 2. The van der Waals surface area contributed by atoms with Crippen LogP contribution in [0.5, 0.6) is 0 Å². The molecule has 98 valence electrons. The van der Waals surface area contributed by atoms with E-state index in [1.165, 1.54) is 25.4 Å². The lowest BCUT2D eigenvalue weighted by Gasteiger charge is -2.06. The van der Waals surface area contributed by atoms with Crippen LogP contribution >= 0.6 is 0 Å². The number of rotatable bonds is 3. The first-order valence-electron chi connectivity index (χ1n) is 5.23. The lowest BCUT2D eigenvalue weighted by Crippen LogP contribution is -2.08. The number of halogens is 2. The Balaban J connectivity index is 2.23. The Hall–Kier alpha value is -2.57. The summed E-state index contributed by atoms with van der Waals surface area (Å²) in [5, 5.41) is 2.73. The fourth-order valence-electron chi connectivity index (χ4n) is 1.34. The minimum atomic E-state index is -0.979. The van der Waals surface area contributed by atoms with Crippen LogP contribution in [0, 0.1) is 11.6 Å². The minimum absolute atomic E-state index is 0.130. The smallest absolute Gasteiger partial charge is 0.376 e. The highest BCUT2D eigenvalue weighted by atomic mass is 19.2. The molecule has 0 spiro atoms. The van der Waals surface area contributed by atoms with E-state index in [0.717, 1.165) is 12.1 Å². The molecular formula is C12H9F2N3O2. The first-order chi connectivity index (χ1) is 9.10. The fraction of sp³-hybridized carbons (Fsp3) is 0.0833. The lowest BCUT2D eigenvalue weighted by molar-refractivity contribution is 0.0587. The minimum Gasteiger partial charge on any atom is -0.463 e. The Morgan fingerprint density at radius 3 is 2.74 bits per heavy atom. The Kier molecular flexibility index (Phi) is 3.65. The van der Waals surface area contributed by atoms with Crippen LogP contribution < -0.4 is 5.32 Å². The third kappa shape index (κ3) is 3.01. The van der Waals surface area contributed by atoms with Crippen molar-refractivity contribution in [3.63, 3.8) is 0 Å². The molecule has 0 radical (unpaired) electrons. The van der Waals surface area contributed by atoms with Crippen molar-refractivity contribution in [2.45, 2.75) is 0 Å². The largest absolute Gasteiger partial charge is 0.463 e. The Morgan fingerprint density at radius 2 is 2.05 bits per heavy atom. The summed E-state index contributed by atoms with van der Waals surface area (Å²) in [6, 6.07) is 4.79. The molecule has 0 unspecified atom stereocenters. The summed E-state index contributed by atoms with van der Waals surface area (Å²) in [6.07, 6.45) is 1.35. The summed E-state index contributed by atoms with van der Waals surface area (Å²) in [5.41, 5.74) is 0.299. The van der Waals surface area contributed by atoms with Crippen molar-refractivity contribution >= 4 is 17.5 Å². The average Bonchev–Trinajstić information content (AvgIpc) is 2.42. The number of anilines is 2. The third-order valence-corrected chi connectivity index (χ3v) is 2.22. The van der Waals surface area contributed by atoms with Crippen molar-refractivity contribution in [1.82, 2.24) is 9.97 Å². The monoisotopic (exact) mass is 265 g/mol. The molecule has 0 aliphatic rings. The number of hydrogen-bond acceptors (Lipinski definition) is 5. The standard InChI is InChI=1S/C12H9F2N3O2/c1-19-12(18)11-15-5-4-10(17-11)16-7-2-3-8(13)9(14)6-7/h2-6H,1H3,(H,15,16,17). The van der Waals surface area contributed by atoms with E-state index in [1.807, 2.05) is 0 Å². The molecule has 0 bridgehead atoms. The van der Waals surface area contributed by atoms with Gasteiger partial charge in [0.2, 0.25) is 5.82 Å². The van der Waals surface area contributed by atoms with Crippen molar-refractivity contribution in [3.05, 3.63) is 47.9 Å². The van der Waals surface area contributed by atoms with Gasteiger partial charge in [0.1, 0.15) is 5.82 Å². The molecule has 5 nitrogen and oxygen atoms in total. The molecule has 0 aliphatic heterocycles. The van der Waals surface area contributed by atoms with Crippen molar-refractivity contribution in [1.29, 1.82) is 0 Å². The van der Waals surface area contributed by atoms with E-state index in [9.17, 15) is 13.6 Å². The maximum absolute atomic E-state index is 13.0. The van der Waals surface area contributed by atoms with Crippen LogP contribution in [0.4, 0.5) is 20.3 Å². The Bertz CT molecular complexity index is 620. The molecule has 0 amide bonds. The van der Waals surface area contributed by atoms with Crippen LogP contribution in [-0.2, 0) is 4.74 Å². The predicted molar refractivity (Wildman–Crippen MR) is 63.0 cm³/mol. The van der Waals surface area contributed by atoms with Gasteiger partial charge in [0.25, 0.3) is 0 Å². The van der Waals surface area contributed by atoms with Crippen molar-refractivity contribution in [3.8, 4) is 0 Å². The predicted octanol–water partition coefficient (Wildman–Crippen LogP) is 2.29. The molecule has 2 aromatic rings. The first-order valence-corrected chi connectivity index (χ1v) is 5.23. The van der Waals surface area contributed by atoms with Gasteiger partial charge in [-0.3, -0.25) is 0 Å².